The van der Waals surface area contributed by atoms with Crippen molar-refractivity contribution in [2.24, 2.45) is 0 Å². The summed E-state index contributed by atoms with van der Waals surface area (Å²) in [6.07, 6.45) is 11.2. The molecule has 0 aliphatic carbocycles. The van der Waals surface area contributed by atoms with Crippen LogP contribution in [0.2, 0.25) is 0 Å². The van der Waals surface area contributed by atoms with E-state index < -0.39 is 0 Å². The molecule has 1 atom stereocenters. The second-order valence-electron chi connectivity index (χ2n) is 7.00. The Morgan fingerprint density at radius 2 is 2.08 bits per heavy atom. The molecule has 1 aliphatic rings. The highest BCUT2D eigenvalue weighted by atomic mass is 15.2. The maximum absolute atomic E-state index is 4.55. The van der Waals surface area contributed by atoms with Crippen molar-refractivity contribution in [1.82, 2.24) is 19.4 Å². The smallest absolute Gasteiger partial charge is 0.127 e. The largest absolute Gasteiger partial charge is 0.363 e. The molecule has 0 N–H and O–H groups in total. The van der Waals surface area contributed by atoms with Gasteiger partial charge in [0.1, 0.15) is 11.6 Å². The molecule has 2 aromatic rings. The van der Waals surface area contributed by atoms with Gasteiger partial charge in [-0.15, -0.1) is 0 Å². The summed E-state index contributed by atoms with van der Waals surface area (Å²) in [5.41, 5.74) is 1.31. The average molecular weight is 327 g/mol. The van der Waals surface area contributed by atoms with Gasteiger partial charge in [-0.3, -0.25) is 4.90 Å². The number of aryl methyl sites for hydroxylation is 2. The first-order chi connectivity index (χ1) is 11.6. The van der Waals surface area contributed by atoms with Crippen LogP contribution < -0.4 is 4.90 Å². The van der Waals surface area contributed by atoms with Crippen LogP contribution in [0.3, 0.4) is 0 Å². The lowest BCUT2D eigenvalue weighted by Crippen LogP contribution is -2.39. The summed E-state index contributed by atoms with van der Waals surface area (Å²) in [4.78, 5) is 13.6. The van der Waals surface area contributed by atoms with Gasteiger partial charge in [-0.2, -0.15) is 0 Å². The molecule has 0 unspecified atom stereocenters. The van der Waals surface area contributed by atoms with Crippen molar-refractivity contribution in [3.63, 3.8) is 0 Å². The van der Waals surface area contributed by atoms with Crippen LogP contribution in [0.25, 0.3) is 0 Å². The molecule has 0 saturated carbocycles. The number of nitrogens with zero attached hydrogens (tertiary/aromatic N) is 5. The van der Waals surface area contributed by atoms with Gasteiger partial charge >= 0.3 is 0 Å². The molecule has 0 amide bonds. The van der Waals surface area contributed by atoms with Gasteiger partial charge in [0.2, 0.25) is 0 Å². The lowest BCUT2D eigenvalue weighted by atomic mass is 9.98. The number of piperidine rings is 1. The number of likely N-dealkylation sites (tertiary alicyclic amines) is 1. The summed E-state index contributed by atoms with van der Waals surface area (Å²) in [7, 11) is 4.06. The summed E-state index contributed by atoms with van der Waals surface area (Å²) < 4.78 is 2.26. The molecule has 1 fully saturated rings. The van der Waals surface area contributed by atoms with E-state index in [0.717, 1.165) is 24.7 Å². The van der Waals surface area contributed by atoms with E-state index in [-0.39, 0.29) is 0 Å². The van der Waals surface area contributed by atoms with E-state index in [0.29, 0.717) is 6.04 Å². The van der Waals surface area contributed by atoms with Crippen molar-refractivity contribution in [3.8, 4) is 0 Å². The molecule has 1 aliphatic heterocycles. The van der Waals surface area contributed by atoms with Crippen LogP contribution in [-0.2, 0) is 13.1 Å². The van der Waals surface area contributed by atoms with Crippen LogP contribution >= 0.6 is 0 Å². The van der Waals surface area contributed by atoms with Crippen molar-refractivity contribution >= 4 is 5.82 Å². The van der Waals surface area contributed by atoms with E-state index in [4.69, 9.17) is 0 Å². The lowest BCUT2D eigenvalue weighted by Gasteiger charge is -2.36. The molecule has 0 bridgehead atoms. The molecule has 0 aromatic carbocycles. The number of imidazole rings is 1. The first kappa shape index (κ1) is 17.0. The highest BCUT2D eigenvalue weighted by Crippen LogP contribution is 2.23. The first-order valence-electron chi connectivity index (χ1n) is 8.97. The molecular weight excluding hydrogens is 298 g/mol. The fourth-order valence-electron chi connectivity index (χ4n) is 3.53. The Morgan fingerprint density at radius 1 is 1.21 bits per heavy atom. The average Bonchev–Trinajstić information content (AvgIpc) is 3.00. The van der Waals surface area contributed by atoms with Crippen LogP contribution in [0.4, 0.5) is 5.82 Å². The highest BCUT2D eigenvalue weighted by molar-refractivity contribution is 5.37. The molecule has 5 heteroatoms. The molecule has 1 saturated heterocycles. The minimum atomic E-state index is 0.661. The zero-order chi connectivity index (χ0) is 16.9. The summed E-state index contributed by atoms with van der Waals surface area (Å²) >= 11 is 0. The van der Waals surface area contributed by atoms with Gasteiger partial charge in [0, 0.05) is 51.8 Å². The summed E-state index contributed by atoms with van der Waals surface area (Å²) in [5.74, 6) is 2.13. The van der Waals surface area contributed by atoms with E-state index in [1.165, 1.54) is 37.8 Å². The topological polar surface area (TPSA) is 37.2 Å². The third-order valence-corrected chi connectivity index (χ3v) is 5.03. The van der Waals surface area contributed by atoms with E-state index in [2.05, 4.69) is 44.7 Å². The zero-order valence-electron chi connectivity index (χ0n) is 15.1. The standard InChI is InChI=1S/C19H29N5/c1-16-20-10-13-23(16)12-9-18-6-4-5-11-24(18)15-17-7-8-19(21-14-17)22(2)3/h7-8,10,13-14,18H,4-6,9,11-12,15H2,1-3H3/t18-/m1/s1. The molecular formula is C19H29N5. The quantitative estimate of drug-likeness (QED) is 0.817. The summed E-state index contributed by atoms with van der Waals surface area (Å²) in [5, 5.41) is 0. The Labute approximate surface area is 145 Å². The number of hydrogen-bond donors (Lipinski definition) is 0. The first-order valence-corrected chi connectivity index (χ1v) is 8.97. The Bertz CT molecular complexity index is 631. The Hall–Kier alpha value is -1.88. The van der Waals surface area contributed by atoms with Crippen molar-refractivity contribution in [2.75, 3.05) is 25.5 Å². The molecule has 24 heavy (non-hydrogen) atoms. The minimum Gasteiger partial charge on any atom is -0.363 e. The monoisotopic (exact) mass is 327 g/mol. The maximum Gasteiger partial charge on any atom is 0.127 e. The molecule has 2 aromatic heterocycles. The van der Waals surface area contributed by atoms with Crippen LogP contribution in [0.1, 0.15) is 37.1 Å². The van der Waals surface area contributed by atoms with Crippen molar-refractivity contribution in [2.45, 2.75) is 51.7 Å². The van der Waals surface area contributed by atoms with Crippen LogP contribution in [0.5, 0.6) is 0 Å². The predicted octanol–water partition coefficient (Wildman–Crippen LogP) is 3.10. The van der Waals surface area contributed by atoms with E-state index >= 15 is 0 Å². The minimum absolute atomic E-state index is 0.661. The normalized spacial score (nSPS) is 18.7. The molecule has 3 rings (SSSR count). The van der Waals surface area contributed by atoms with E-state index in [9.17, 15) is 0 Å². The number of pyridine rings is 1. The fraction of sp³-hybridized carbons (Fsp3) is 0.579. The van der Waals surface area contributed by atoms with Crippen LogP contribution in [0.15, 0.2) is 30.7 Å². The zero-order valence-corrected chi connectivity index (χ0v) is 15.1. The fourth-order valence-corrected chi connectivity index (χ4v) is 3.53. The van der Waals surface area contributed by atoms with Gasteiger partial charge in [-0.05, 0) is 44.4 Å². The van der Waals surface area contributed by atoms with Crippen molar-refractivity contribution < 1.29 is 0 Å². The lowest BCUT2D eigenvalue weighted by molar-refractivity contribution is 0.128. The highest BCUT2D eigenvalue weighted by Gasteiger charge is 2.22. The van der Waals surface area contributed by atoms with E-state index in [1.54, 1.807) is 0 Å². The molecule has 0 radical (unpaired) electrons. The summed E-state index contributed by atoms with van der Waals surface area (Å²) in [6, 6.07) is 4.99. The second-order valence-corrected chi connectivity index (χ2v) is 7.00. The van der Waals surface area contributed by atoms with Crippen molar-refractivity contribution in [3.05, 3.63) is 42.1 Å². The van der Waals surface area contributed by atoms with E-state index in [1.807, 2.05) is 31.4 Å². The molecule has 3 heterocycles. The third kappa shape index (κ3) is 4.15. The van der Waals surface area contributed by atoms with Gasteiger partial charge in [-0.25, -0.2) is 9.97 Å². The SMILES string of the molecule is Cc1nccn1CC[C@H]1CCCCN1Cc1ccc(N(C)C)nc1. The van der Waals surface area contributed by atoms with Crippen molar-refractivity contribution in [1.29, 1.82) is 0 Å². The maximum atomic E-state index is 4.55. The Morgan fingerprint density at radius 3 is 2.75 bits per heavy atom. The van der Waals surface area contributed by atoms with Crippen LogP contribution in [0, 0.1) is 6.92 Å². The number of aromatic nitrogens is 3. The molecule has 5 nitrogen and oxygen atoms in total. The third-order valence-electron chi connectivity index (χ3n) is 5.03. The Balaban J connectivity index is 1.60. The van der Waals surface area contributed by atoms with Gasteiger partial charge in [0.25, 0.3) is 0 Å². The van der Waals surface area contributed by atoms with Gasteiger partial charge < -0.3 is 9.47 Å². The Kier molecular flexibility index (Phi) is 5.51. The number of anilines is 1. The van der Waals surface area contributed by atoms with Gasteiger partial charge in [-0.1, -0.05) is 12.5 Å². The number of hydrogen-bond acceptors (Lipinski definition) is 4. The summed E-state index contributed by atoms with van der Waals surface area (Å²) in [6.45, 7) is 5.35. The molecule has 0 spiro atoms. The van der Waals surface area contributed by atoms with Crippen LogP contribution in [-0.4, -0.2) is 46.1 Å². The predicted molar refractivity (Wildman–Crippen MR) is 98.2 cm³/mol. The number of rotatable bonds is 6. The molecule has 130 valence electrons. The second kappa shape index (κ2) is 7.79. The van der Waals surface area contributed by atoms with Gasteiger partial charge in [0.05, 0.1) is 0 Å². The van der Waals surface area contributed by atoms with Gasteiger partial charge in [0.15, 0.2) is 0 Å².